The van der Waals surface area contributed by atoms with E-state index in [2.05, 4.69) is 6.92 Å². The zero-order valence-electron chi connectivity index (χ0n) is 12.8. The van der Waals surface area contributed by atoms with Crippen LogP contribution in [-0.4, -0.2) is 31.3 Å². The second kappa shape index (κ2) is 10.4. The minimum absolute atomic E-state index is 0.112. The van der Waals surface area contributed by atoms with Gasteiger partial charge >= 0.3 is 5.97 Å². The molecular formula is C15H32NO2+. The van der Waals surface area contributed by atoms with Gasteiger partial charge in [0.1, 0.15) is 20.6 Å². The molecule has 0 spiro atoms. The Kier molecular flexibility index (Phi) is 10.0. The van der Waals surface area contributed by atoms with Gasteiger partial charge in [0.05, 0.1) is 0 Å². The Morgan fingerprint density at radius 3 is 1.89 bits per heavy atom. The third-order valence-corrected chi connectivity index (χ3v) is 3.19. The van der Waals surface area contributed by atoms with Crippen LogP contribution in [0.2, 0.25) is 0 Å². The highest BCUT2D eigenvalue weighted by atomic mass is 16.7. The fourth-order valence-corrected chi connectivity index (χ4v) is 2.01. The van der Waals surface area contributed by atoms with Gasteiger partial charge in [-0.25, -0.2) is 4.79 Å². The van der Waals surface area contributed by atoms with E-state index in [9.17, 15) is 4.79 Å². The molecule has 0 aromatic heterocycles. The number of carbonyl (C=O) groups is 1. The molecular weight excluding hydrogens is 226 g/mol. The van der Waals surface area contributed by atoms with E-state index >= 15 is 0 Å². The highest BCUT2D eigenvalue weighted by Crippen LogP contribution is 2.10. The lowest BCUT2D eigenvalue weighted by Crippen LogP contribution is -2.42. The molecule has 3 heteroatoms. The first-order valence-electron chi connectivity index (χ1n) is 7.57. The SMILES string of the molecule is CCCCCCCCCC[N+](C)(C)OC(=O)CC. The van der Waals surface area contributed by atoms with Gasteiger partial charge in [-0.15, -0.1) is 4.65 Å². The maximum atomic E-state index is 11.2. The molecule has 0 atom stereocenters. The van der Waals surface area contributed by atoms with Gasteiger partial charge in [0, 0.05) is 12.8 Å². The van der Waals surface area contributed by atoms with Crippen LogP contribution in [-0.2, 0) is 9.63 Å². The number of carbonyl (C=O) groups excluding carboxylic acids is 1. The minimum atomic E-state index is -0.112. The van der Waals surface area contributed by atoms with Gasteiger partial charge in [-0.3, -0.25) is 4.84 Å². The van der Waals surface area contributed by atoms with E-state index in [-0.39, 0.29) is 5.97 Å². The van der Waals surface area contributed by atoms with Crippen LogP contribution in [0.5, 0.6) is 0 Å². The lowest BCUT2D eigenvalue weighted by atomic mass is 10.1. The Balaban J connectivity index is 3.44. The third-order valence-electron chi connectivity index (χ3n) is 3.19. The summed E-state index contributed by atoms with van der Waals surface area (Å²) in [4.78, 5) is 16.6. The maximum absolute atomic E-state index is 11.2. The molecule has 3 nitrogen and oxygen atoms in total. The molecule has 0 heterocycles. The van der Waals surface area contributed by atoms with Crippen LogP contribution in [0.15, 0.2) is 0 Å². The summed E-state index contributed by atoms with van der Waals surface area (Å²) in [6, 6.07) is 0. The fraction of sp³-hybridized carbons (Fsp3) is 0.933. The fourth-order valence-electron chi connectivity index (χ4n) is 2.01. The van der Waals surface area contributed by atoms with Crippen LogP contribution in [0.3, 0.4) is 0 Å². The van der Waals surface area contributed by atoms with Gasteiger partial charge in [-0.1, -0.05) is 52.4 Å². The van der Waals surface area contributed by atoms with E-state index in [4.69, 9.17) is 4.84 Å². The normalized spacial score (nSPS) is 11.6. The molecule has 0 rings (SSSR count). The summed E-state index contributed by atoms with van der Waals surface area (Å²) in [6.45, 7) is 5.00. The lowest BCUT2D eigenvalue weighted by Gasteiger charge is -2.25. The van der Waals surface area contributed by atoms with Crippen LogP contribution in [0.1, 0.15) is 71.6 Å². The first kappa shape index (κ1) is 17.4. The van der Waals surface area contributed by atoms with E-state index in [0.29, 0.717) is 11.1 Å². The molecule has 0 saturated heterocycles. The second-order valence-corrected chi connectivity index (χ2v) is 5.59. The Hall–Kier alpha value is -0.570. The van der Waals surface area contributed by atoms with Crippen LogP contribution in [0, 0.1) is 0 Å². The molecule has 18 heavy (non-hydrogen) atoms. The molecule has 0 saturated carbocycles. The zero-order chi connectivity index (χ0) is 13.9. The number of unbranched alkanes of at least 4 members (excludes halogenated alkanes) is 7. The molecule has 0 radical (unpaired) electrons. The van der Waals surface area contributed by atoms with Crippen molar-refractivity contribution in [2.45, 2.75) is 71.6 Å². The van der Waals surface area contributed by atoms with E-state index in [1.165, 1.54) is 44.9 Å². The Bertz CT molecular complexity index is 215. The quantitative estimate of drug-likeness (QED) is 0.317. The number of hydrogen-bond donors (Lipinski definition) is 0. The van der Waals surface area contributed by atoms with Crippen molar-refractivity contribution in [3.8, 4) is 0 Å². The van der Waals surface area contributed by atoms with Crippen molar-refractivity contribution in [1.82, 2.24) is 0 Å². The lowest BCUT2D eigenvalue weighted by molar-refractivity contribution is -1.06. The van der Waals surface area contributed by atoms with Gasteiger partial charge in [-0.05, 0) is 6.42 Å². The largest absolute Gasteiger partial charge is 0.366 e. The molecule has 0 N–H and O–H groups in total. The molecule has 0 bridgehead atoms. The molecule has 0 aliphatic carbocycles. The van der Waals surface area contributed by atoms with Gasteiger partial charge in [0.25, 0.3) is 0 Å². The number of hydrogen-bond acceptors (Lipinski definition) is 2. The molecule has 108 valence electrons. The first-order chi connectivity index (χ1) is 8.52. The van der Waals surface area contributed by atoms with Gasteiger partial charge in [-0.2, -0.15) is 0 Å². The van der Waals surface area contributed by atoms with Crippen molar-refractivity contribution in [2.24, 2.45) is 0 Å². The Morgan fingerprint density at radius 1 is 0.889 bits per heavy atom. The Morgan fingerprint density at radius 2 is 1.39 bits per heavy atom. The smallest absolute Gasteiger partial charge is 0.277 e. The average Bonchev–Trinajstić information content (AvgIpc) is 2.31. The van der Waals surface area contributed by atoms with Crippen molar-refractivity contribution < 1.29 is 14.3 Å². The van der Waals surface area contributed by atoms with E-state index in [0.717, 1.165) is 13.0 Å². The predicted octanol–water partition coefficient (Wildman–Crippen LogP) is 4.07. The van der Waals surface area contributed by atoms with Gasteiger partial charge < -0.3 is 0 Å². The van der Waals surface area contributed by atoms with Crippen LogP contribution < -0.4 is 0 Å². The topological polar surface area (TPSA) is 26.3 Å². The standard InChI is InChI=1S/C15H32NO2/c1-5-7-8-9-10-11-12-13-14-16(3,4)18-15(17)6-2/h5-14H2,1-4H3/q+1. The monoisotopic (exact) mass is 258 g/mol. The number of quaternary nitrogens is 1. The van der Waals surface area contributed by atoms with Crippen molar-refractivity contribution in [1.29, 1.82) is 0 Å². The molecule has 0 aromatic rings. The average molecular weight is 258 g/mol. The first-order valence-corrected chi connectivity index (χ1v) is 7.57. The third kappa shape index (κ3) is 10.6. The molecule has 0 amide bonds. The van der Waals surface area contributed by atoms with Crippen LogP contribution >= 0.6 is 0 Å². The minimum Gasteiger partial charge on any atom is -0.277 e. The molecule has 0 unspecified atom stereocenters. The number of rotatable bonds is 11. The van der Waals surface area contributed by atoms with Crippen molar-refractivity contribution in [3.63, 3.8) is 0 Å². The summed E-state index contributed by atoms with van der Waals surface area (Å²) < 4.78 is 0.364. The van der Waals surface area contributed by atoms with E-state index in [1.807, 2.05) is 21.0 Å². The second-order valence-electron chi connectivity index (χ2n) is 5.59. The molecule has 0 fully saturated rings. The summed E-state index contributed by atoms with van der Waals surface area (Å²) in [5, 5.41) is 0. The molecule has 0 aromatic carbocycles. The van der Waals surface area contributed by atoms with Crippen molar-refractivity contribution in [2.75, 3.05) is 20.6 Å². The molecule has 0 aliphatic heterocycles. The highest BCUT2D eigenvalue weighted by Gasteiger charge is 2.20. The van der Waals surface area contributed by atoms with E-state index < -0.39 is 0 Å². The summed E-state index contributed by atoms with van der Waals surface area (Å²) >= 11 is 0. The number of hydroxylamine groups is 3. The van der Waals surface area contributed by atoms with Crippen LogP contribution in [0.4, 0.5) is 0 Å². The highest BCUT2D eigenvalue weighted by molar-refractivity contribution is 5.68. The Labute approximate surface area is 113 Å². The van der Waals surface area contributed by atoms with E-state index in [1.54, 1.807) is 0 Å². The summed E-state index contributed by atoms with van der Waals surface area (Å²) in [6.07, 6.45) is 10.9. The van der Waals surface area contributed by atoms with Crippen LogP contribution in [0.25, 0.3) is 0 Å². The zero-order valence-corrected chi connectivity index (χ0v) is 12.8. The predicted molar refractivity (Wildman–Crippen MR) is 76.0 cm³/mol. The number of nitrogens with zero attached hydrogens (tertiary/aromatic N) is 1. The summed E-state index contributed by atoms with van der Waals surface area (Å²) in [5.41, 5.74) is 0. The van der Waals surface area contributed by atoms with Gasteiger partial charge in [0.2, 0.25) is 0 Å². The van der Waals surface area contributed by atoms with Gasteiger partial charge in [0.15, 0.2) is 0 Å². The van der Waals surface area contributed by atoms with Crippen molar-refractivity contribution >= 4 is 5.97 Å². The molecule has 0 aliphatic rings. The summed E-state index contributed by atoms with van der Waals surface area (Å²) in [5.74, 6) is -0.112. The van der Waals surface area contributed by atoms with Crippen molar-refractivity contribution in [3.05, 3.63) is 0 Å². The maximum Gasteiger partial charge on any atom is 0.366 e. The summed E-state index contributed by atoms with van der Waals surface area (Å²) in [7, 11) is 3.91.